The molecule has 2 aromatic carbocycles. The van der Waals surface area contributed by atoms with E-state index in [0.717, 1.165) is 12.0 Å². The minimum absolute atomic E-state index is 0.0958. The predicted octanol–water partition coefficient (Wildman–Crippen LogP) is 6.04. The molecule has 0 aliphatic heterocycles. The molecule has 0 radical (unpaired) electrons. The fourth-order valence-corrected chi connectivity index (χ4v) is 3.47. The Bertz CT molecular complexity index is 552. The van der Waals surface area contributed by atoms with Gasteiger partial charge in [0.25, 0.3) is 0 Å². The molecular formula is C15H13BrCl2. The van der Waals surface area contributed by atoms with Crippen molar-refractivity contribution in [2.24, 2.45) is 0 Å². The summed E-state index contributed by atoms with van der Waals surface area (Å²) in [6.07, 6.45) is 1.00. The smallest absolute Gasteiger partial charge is 0.0661 e. The second-order valence-electron chi connectivity index (χ2n) is 4.08. The van der Waals surface area contributed by atoms with Gasteiger partial charge >= 0.3 is 0 Å². The first-order valence-corrected chi connectivity index (χ1v) is 7.47. The zero-order valence-corrected chi connectivity index (χ0v) is 13.1. The van der Waals surface area contributed by atoms with Crippen LogP contribution in [0.5, 0.6) is 0 Å². The van der Waals surface area contributed by atoms with E-state index in [0.29, 0.717) is 10.0 Å². The van der Waals surface area contributed by atoms with E-state index < -0.39 is 0 Å². The first-order chi connectivity index (χ1) is 8.63. The van der Waals surface area contributed by atoms with E-state index >= 15 is 0 Å². The lowest BCUT2D eigenvalue weighted by molar-refractivity contribution is 1.06. The normalized spacial score (nSPS) is 12.4. The fourth-order valence-electron chi connectivity index (χ4n) is 1.98. The van der Waals surface area contributed by atoms with Gasteiger partial charge in [0.2, 0.25) is 0 Å². The standard InChI is InChI=1S/C15H13BrCl2/c1-2-10-5-3-4-6-12(10)15(16)13-8-7-11(17)9-14(13)18/h3-9,15H,2H2,1H3. The van der Waals surface area contributed by atoms with Gasteiger partial charge < -0.3 is 0 Å². The molecule has 2 rings (SSSR count). The lowest BCUT2D eigenvalue weighted by Gasteiger charge is -2.16. The molecule has 0 amide bonds. The van der Waals surface area contributed by atoms with E-state index in [1.807, 2.05) is 18.2 Å². The topological polar surface area (TPSA) is 0 Å². The first kappa shape index (κ1) is 13.9. The van der Waals surface area contributed by atoms with Crippen LogP contribution in [-0.4, -0.2) is 0 Å². The average molecular weight is 344 g/mol. The summed E-state index contributed by atoms with van der Waals surface area (Å²) in [5.74, 6) is 0. The van der Waals surface area contributed by atoms with Gasteiger partial charge in [-0.15, -0.1) is 0 Å². The van der Waals surface area contributed by atoms with Crippen LogP contribution in [-0.2, 0) is 6.42 Å². The number of hydrogen-bond acceptors (Lipinski definition) is 0. The molecule has 0 heterocycles. The Kier molecular flexibility index (Phi) is 4.71. The minimum Gasteiger partial charge on any atom is -0.0843 e. The molecule has 0 bridgehead atoms. The van der Waals surface area contributed by atoms with Crippen molar-refractivity contribution in [1.82, 2.24) is 0 Å². The highest BCUT2D eigenvalue weighted by Gasteiger charge is 2.16. The molecule has 18 heavy (non-hydrogen) atoms. The molecule has 2 aromatic rings. The number of halogens is 3. The molecule has 0 aliphatic rings. The van der Waals surface area contributed by atoms with Gasteiger partial charge in [-0.05, 0) is 35.2 Å². The van der Waals surface area contributed by atoms with Crippen molar-refractivity contribution >= 4 is 39.1 Å². The van der Waals surface area contributed by atoms with Gasteiger partial charge in [0, 0.05) is 10.0 Å². The molecule has 0 fully saturated rings. The molecule has 0 aromatic heterocycles. The van der Waals surface area contributed by atoms with Crippen molar-refractivity contribution in [3.05, 3.63) is 69.2 Å². The summed E-state index contributed by atoms with van der Waals surface area (Å²) in [6, 6.07) is 14.0. The maximum atomic E-state index is 6.26. The number of alkyl halides is 1. The highest BCUT2D eigenvalue weighted by atomic mass is 79.9. The molecule has 0 nitrogen and oxygen atoms in total. The Morgan fingerprint density at radius 3 is 2.44 bits per heavy atom. The van der Waals surface area contributed by atoms with Crippen LogP contribution in [0.2, 0.25) is 10.0 Å². The minimum atomic E-state index is 0.0958. The van der Waals surface area contributed by atoms with Crippen LogP contribution in [0.25, 0.3) is 0 Å². The van der Waals surface area contributed by atoms with Crippen molar-refractivity contribution in [2.45, 2.75) is 18.2 Å². The monoisotopic (exact) mass is 342 g/mol. The number of rotatable bonds is 3. The van der Waals surface area contributed by atoms with Crippen molar-refractivity contribution < 1.29 is 0 Å². The molecule has 0 aliphatic carbocycles. The molecule has 1 unspecified atom stereocenters. The molecule has 1 atom stereocenters. The Hall–Kier alpha value is -0.500. The maximum Gasteiger partial charge on any atom is 0.0661 e. The van der Waals surface area contributed by atoms with Gasteiger partial charge in [0.1, 0.15) is 0 Å². The maximum absolute atomic E-state index is 6.26. The average Bonchev–Trinajstić information content (AvgIpc) is 2.38. The quantitative estimate of drug-likeness (QED) is 0.596. The summed E-state index contributed by atoms with van der Waals surface area (Å²) in [5, 5.41) is 1.35. The molecule has 0 saturated heterocycles. The van der Waals surface area contributed by atoms with Crippen molar-refractivity contribution in [1.29, 1.82) is 0 Å². The van der Waals surface area contributed by atoms with Crippen LogP contribution >= 0.6 is 39.1 Å². The third kappa shape index (κ3) is 2.90. The summed E-state index contributed by atoms with van der Waals surface area (Å²) < 4.78 is 0. The summed E-state index contributed by atoms with van der Waals surface area (Å²) in [4.78, 5) is 0.0958. The van der Waals surface area contributed by atoms with Crippen LogP contribution in [0.3, 0.4) is 0 Å². The van der Waals surface area contributed by atoms with Gasteiger partial charge in [0.05, 0.1) is 4.83 Å². The largest absolute Gasteiger partial charge is 0.0843 e. The lowest BCUT2D eigenvalue weighted by atomic mass is 9.98. The van der Waals surface area contributed by atoms with Gasteiger partial charge in [-0.2, -0.15) is 0 Å². The molecular weight excluding hydrogens is 331 g/mol. The first-order valence-electron chi connectivity index (χ1n) is 5.80. The third-order valence-electron chi connectivity index (χ3n) is 2.94. The molecule has 94 valence electrons. The SMILES string of the molecule is CCc1ccccc1C(Br)c1ccc(Cl)cc1Cl. The third-order valence-corrected chi connectivity index (χ3v) is 4.49. The van der Waals surface area contributed by atoms with Crippen LogP contribution in [0, 0.1) is 0 Å². The second-order valence-corrected chi connectivity index (χ2v) is 5.84. The summed E-state index contributed by atoms with van der Waals surface area (Å²) in [7, 11) is 0. The second kappa shape index (κ2) is 6.10. The van der Waals surface area contributed by atoms with Crippen LogP contribution in [0.4, 0.5) is 0 Å². The van der Waals surface area contributed by atoms with Crippen LogP contribution in [0.1, 0.15) is 28.4 Å². The number of benzene rings is 2. The van der Waals surface area contributed by atoms with Gasteiger partial charge in [-0.25, -0.2) is 0 Å². The Morgan fingerprint density at radius 2 is 1.78 bits per heavy atom. The predicted molar refractivity (Wildman–Crippen MR) is 83.1 cm³/mol. The van der Waals surface area contributed by atoms with E-state index in [1.54, 1.807) is 6.07 Å². The molecule has 0 spiro atoms. The highest BCUT2D eigenvalue weighted by Crippen LogP contribution is 2.37. The van der Waals surface area contributed by atoms with E-state index in [4.69, 9.17) is 23.2 Å². The van der Waals surface area contributed by atoms with Crippen molar-refractivity contribution in [2.75, 3.05) is 0 Å². The summed E-state index contributed by atoms with van der Waals surface area (Å²) in [6.45, 7) is 2.15. The summed E-state index contributed by atoms with van der Waals surface area (Å²) in [5.41, 5.74) is 3.62. The van der Waals surface area contributed by atoms with E-state index in [-0.39, 0.29) is 4.83 Å². The lowest BCUT2D eigenvalue weighted by Crippen LogP contribution is -1.98. The van der Waals surface area contributed by atoms with E-state index in [9.17, 15) is 0 Å². The van der Waals surface area contributed by atoms with E-state index in [2.05, 4.69) is 41.1 Å². The van der Waals surface area contributed by atoms with Crippen LogP contribution in [0.15, 0.2) is 42.5 Å². The molecule has 3 heteroatoms. The molecule has 0 N–H and O–H groups in total. The van der Waals surface area contributed by atoms with Crippen molar-refractivity contribution in [3.63, 3.8) is 0 Å². The van der Waals surface area contributed by atoms with E-state index in [1.165, 1.54) is 11.1 Å². The van der Waals surface area contributed by atoms with Crippen LogP contribution < -0.4 is 0 Å². The zero-order chi connectivity index (χ0) is 13.1. The summed E-state index contributed by atoms with van der Waals surface area (Å²) >= 11 is 15.9. The number of hydrogen-bond donors (Lipinski definition) is 0. The van der Waals surface area contributed by atoms with Gasteiger partial charge in [-0.3, -0.25) is 0 Å². The Morgan fingerprint density at radius 1 is 1.06 bits per heavy atom. The Balaban J connectivity index is 2.44. The fraction of sp³-hybridized carbons (Fsp3) is 0.200. The number of aryl methyl sites for hydroxylation is 1. The zero-order valence-electron chi connectivity index (χ0n) is 9.96. The van der Waals surface area contributed by atoms with Crippen molar-refractivity contribution in [3.8, 4) is 0 Å². The molecule has 0 saturated carbocycles. The Labute approximate surface area is 126 Å². The van der Waals surface area contributed by atoms with Gasteiger partial charge in [0.15, 0.2) is 0 Å². The highest BCUT2D eigenvalue weighted by molar-refractivity contribution is 9.09. The van der Waals surface area contributed by atoms with Gasteiger partial charge in [-0.1, -0.05) is 76.4 Å².